The van der Waals surface area contributed by atoms with Crippen LogP contribution in [0.25, 0.3) is 0 Å². The summed E-state index contributed by atoms with van der Waals surface area (Å²) in [6.45, 7) is 8.36. The van der Waals surface area contributed by atoms with Gasteiger partial charge in [-0.1, -0.05) is 17.7 Å². The Morgan fingerprint density at radius 1 is 1.21 bits per heavy atom. The van der Waals surface area contributed by atoms with Crippen LogP contribution in [0.4, 0.5) is 5.69 Å². The minimum atomic E-state index is 0.300. The molecule has 2 saturated heterocycles. The average Bonchev–Trinajstić information content (AvgIpc) is 2.65. The van der Waals surface area contributed by atoms with E-state index in [0.717, 1.165) is 25.2 Å². The van der Waals surface area contributed by atoms with E-state index in [1.165, 1.54) is 16.7 Å². The molecule has 102 valence electrons. The highest BCUT2D eigenvalue weighted by Crippen LogP contribution is 2.37. The van der Waals surface area contributed by atoms with Crippen molar-refractivity contribution >= 4 is 11.6 Å². The summed E-state index contributed by atoms with van der Waals surface area (Å²) in [6, 6.07) is 4.77. The van der Waals surface area contributed by atoms with Crippen molar-refractivity contribution in [3.05, 3.63) is 28.8 Å². The zero-order valence-electron chi connectivity index (χ0n) is 12.0. The van der Waals surface area contributed by atoms with Gasteiger partial charge in [-0.05, 0) is 44.9 Å². The third-order valence-electron chi connectivity index (χ3n) is 4.48. The van der Waals surface area contributed by atoms with Crippen molar-refractivity contribution in [1.29, 1.82) is 0 Å². The summed E-state index contributed by atoms with van der Waals surface area (Å²) in [5, 5.41) is 3.41. The molecule has 0 saturated carbocycles. The highest BCUT2D eigenvalue weighted by molar-refractivity contribution is 5.98. The lowest BCUT2D eigenvalue weighted by Gasteiger charge is -2.33. The summed E-state index contributed by atoms with van der Waals surface area (Å²) < 4.78 is 0. The molecule has 0 bridgehead atoms. The van der Waals surface area contributed by atoms with Crippen LogP contribution in [0.5, 0.6) is 0 Å². The Hall–Kier alpha value is -1.35. The van der Waals surface area contributed by atoms with Crippen molar-refractivity contribution in [3.8, 4) is 0 Å². The van der Waals surface area contributed by atoms with Crippen LogP contribution in [-0.2, 0) is 4.79 Å². The second-order valence-corrected chi connectivity index (χ2v) is 6.04. The van der Waals surface area contributed by atoms with E-state index < -0.39 is 0 Å². The number of fused-ring (bicyclic) bond motifs is 1. The molecule has 1 aromatic carbocycles. The highest BCUT2D eigenvalue weighted by atomic mass is 16.2. The van der Waals surface area contributed by atoms with Gasteiger partial charge in [0, 0.05) is 30.6 Å². The molecule has 0 radical (unpaired) electrons. The first-order chi connectivity index (χ1) is 9.08. The fourth-order valence-electron chi connectivity index (χ4n) is 3.81. The van der Waals surface area contributed by atoms with Gasteiger partial charge in [-0.3, -0.25) is 4.79 Å². The monoisotopic (exact) mass is 258 g/mol. The largest absolute Gasteiger partial charge is 0.316 e. The van der Waals surface area contributed by atoms with Crippen molar-refractivity contribution < 1.29 is 4.79 Å². The van der Waals surface area contributed by atoms with E-state index in [-0.39, 0.29) is 0 Å². The molecular weight excluding hydrogens is 236 g/mol. The molecule has 2 aliphatic heterocycles. The van der Waals surface area contributed by atoms with Crippen LogP contribution in [-0.4, -0.2) is 25.0 Å². The van der Waals surface area contributed by atoms with Gasteiger partial charge in [0.25, 0.3) is 0 Å². The molecule has 1 N–H and O–H groups in total. The summed E-state index contributed by atoms with van der Waals surface area (Å²) in [7, 11) is 0. The topological polar surface area (TPSA) is 32.3 Å². The molecule has 3 heteroatoms. The maximum absolute atomic E-state index is 12.4. The van der Waals surface area contributed by atoms with Crippen molar-refractivity contribution in [3.63, 3.8) is 0 Å². The maximum Gasteiger partial charge on any atom is 0.227 e. The Bertz CT molecular complexity index is 500. The molecular formula is C16H22N2O. The third kappa shape index (κ3) is 2.06. The van der Waals surface area contributed by atoms with E-state index in [2.05, 4.69) is 43.1 Å². The average molecular weight is 258 g/mol. The van der Waals surface area contributed by atoms with E-state index >= 15 is 0 Å². The van der Waals surface area contributed by atoms with Crippen LogP contribution in [0.1, 0.15) is 29.5 Å². The minimum absolute atomic E-state index is 0.300. The molecule has 3 rings (SSSR count). The van der Waals surface area contributed by atoms with Crippen LogP contribution >= 0.6 is 0 Å². The number of aryl methyl sites for hydroxylation is 3. The second-order valence-electron chi connectivity index (χ2n) is 6.04. The van der Waals surface area contributed by atoms with Crippen LogP contribution in [0.3, 0.4) is 0 Å². The lowest BCUT2D eigenvalue weighted by molar-refractivity contribution is -0.117. The lowest BCUT2D eigenvalue weighted by Crippen LogP contribution is -2.44. The van der Waals surface area contributed by atoms with Crippen molar-refractivity contribution in [2.24, 2.45) is 5.92 Å². The zero-order valence-corrected chi connectivity index (χ0v) is 12.0. The van der Waals surface area contributed by atoms with Crippen LogP contribution < -0.4 is 10.2 Å². The minimum Gasteiger partial charge on any atom is -0.316 e. The van der Waals surface area contributed by atoms with Gasteiger partial charge in [-0.15, -0.1) is 0 Å². The number of nitrogens with zero attached hydrogens (tertiary/aromatic N) is 1. The Morgan fingerprint density at radius 2 is 1.89 bits per heavy atom. The van der Waals surface area contributed by atoms with E-state index in [1.54, 1.807) is 0 Å². The Morgan fingerprint density at radius 3 is 2.58 bits per heavy atom. The number of amides is 1. The van der Waals surface area contributed by atoms with Crippen LogP contribution in [0.15, 0.2) is 12.1 Å². The van der Waals surface area contributed by atoms with Gasteiger partial charge < -0.3 is 10.2 Å². The third-order valence-corrected chi connectivity index (χ3v) is 4.48. The maximum atomic E-state index is 12.4. The SMILES string of the molecule is Cc1cc(C)c(N2C(=O)CC3CNCCC32)c(C)c1. The summed E-state index contributed by atoms with van der Waals surface area (Å²) in [4.78, 5) is 14.5. The predicted molar refractivity (Wildman–Crippen MR) is 77.5 cm³/mol. The Balaban J connectivity index is 2.03. The quantitative estimate of drug-likeness (QED) is 0.838. The number of anilines is 1. The summed E-state index contributed by atoms with van der Waals surface area (Å²) in [6.07, 6.45) is 1.77. The Kier molecular flexibility index (Phi) is 3.09. The van der Waals surface area contributed by atoms with Gasteiger partial charge in [0.15, 0.2) is 0 Å². The van der Waals surface area contributed by atoms with Crippen LogP contribution in [0, 0.1) is 26.7 Å². The van der Waals surface area contributed by atoms with Gasteiger partial charge in [0.1, 0.15) is 0 Å². The smallest absolute Gasteiger partial charge is 0.227 e. The van der Waals surface area contributed by atoms with Gasteiger partial charge in [-0.25, -0.2) is 0 Å². The molecule has 0 aromatic heterocycles. The highest BCUT2D eigenvalue weighted by Gasteiger charge is 2.42. The van der Waals surface area contributed by atoms with E-state index in [4.69, 9.17) is 0 Å². The number of carbonyl (C=O) groups is 1. The van der Waals surface area contributed by atoms with Gasteiger partial charge in [0.2, 0.25) is 5.91 Å². The van der Waals surface area contributed by atoms with E-state index in [0.29, 0.717) is 24.3 Å². The fraction of sp³-hybridized carbons (Fsp3) is 0.562. The first-order valence-corrected chi connectivity index (χ1v) is 7.18. The molecule has 2 heterocycles. The number of hydrogen-bond donors (Lipinski definition) is 1. The number of carbonyl (C=O) groups excluding carboxylic acids is 1. The van der Waals surface area contributed by atoms with Crippen molar-refractivity contribution in [2.45, 2.75) is 39.7 Å². The predicted octanol–water partition coefficient (Wildman–Crippen LogP) is 2.33. The fourth-order valence-corrected chi connectivity index (χ4v) is 3.81. The molecule has 1 amide bonds. The van der Waals surface area contributed by atoms with Crippen molar-refractivity contribution in [1.82, 2.24) is 5.32 Å². The molecule has 2 fully saturated rings. The van der Waals surface area contributed by atoms with Gasteiger partial charge in [-0.2, -0.15) is 0 Å². The number of rotatable bonds is 1. The number of hydrogen-bond acceptors (Lipinski definition) is 2. The van der Waals surface area contributed by atoms with Crippen LogP contribution in [0.2, 0.25) is 0 Å². The molecule has 3 nitrogen and oxygen atoms in total. The van der Waals surface area contributed by atoms with Gasteiger partial charge in [0.05, 0.1) is 0 Å². The van der Waals surface area contributed by atoms with Crippen molar-refractivity contribution in [2.75, 3.05) is 18.0 Å². The second kappa shape index (κ2) is 4.64. The molecule has 1 aromatic rings. The standard InChI is InChI=1S/C16H22N2O/c1-10-6-11(2)16(12(3)7-10)18-14-4-5-17-9-13(14)8-15(18)19/h6-7,13-14,17H,4-5,8-9H2,1-3H3. The number of piperidine rings is 1. The molecule has 19 heavy (non-hydrogen) atoms. The first-order valence-electron chi connectivity index (χ1n) is 7.18. The summed E-state index contributed by atoms with van der Waals surface area (Å²) in [5.74, 6) is 0.787. The Labute approximate surface area is 115 Å². The molecule has 2 aliphatic rings. The molecule has 0 aliphatic carbocycles. The normalized spacial score (nSPS) is 26.7. The van der Waals surface area contributed by atoms with E-state index in [9.17, 15) is 4.79 Å². The molecule has 2 unspecified atom stereocenters. The number of benzene rings is 1. The number of nitrogens with one attached hydrogen (secondary N) is 1. The first kappa shape index (κ1) is 12.7. The zero-order chi connectivity index (χ0) is 13.6. The molecule has 0 spiro atoms. The summed E-state index contributed by atoms with van der Waals surface area (Å²) >= 11 is 0. The van der Waals surface area contributed by atoms with E-state index in [1.807, 2.05) is 0 Å². The molecule has 2 atom stereocenters. The van der Waals surface area contributed by atoms with Gasteiger partial charge >= 0.3 is 0 Å². The lowest BCUT2D eigenvalue weighted by atomic mass is 9.93. The summed E-state index contributed by atoms with van der Waals surface area (Å²) in [5.41, 5.74) is 4.88.